The number of carboxylic acids is 2. The minimum atomic E-state index is -1.82. The van der Waals surface area contributed by atoms with Gasteiger partial charge in [0.1, 0.15) is 0 Å². The first kappa shape index (κ1) is 16.6. The van der Waals surface area contributed by atoms with Crippen molar-refractivity contribution in [3.05, 3.63) is 0 Å². The molecule has 1 radical (unpaired) electrons. The van der Waals surface area contributed by atoms with Gasteiger partial charge in [0.05, 0.1) is 0 Å². The summed E-state index contributed by atoms with van der Waals surface area (Å²) < 4.78 is 8.25. The third-order valence-electron chi connectivity index (χ3n) is 0.183. The zero-order chi connectivity index (χ0) is 7.15. The summed E-state index contributed by atoms with van der Waals surface area (Å²) in [7, 11) is 0. The van der Waals surface area contributed by atoms with Gasteiger partial charge in [-0.2, -0.15) is 0 Å². The van der Waals surface area contributed by atoms with Crippen LogP contribution in [0.15, 0.2) is 0 Å². The van der Waals surface area contributed by atoms with Gasteiger partial charge in [0.25, 0.3) is 0 Å². The number of aliphatic carboxylic acids is 2. The van der Waals surface area contributed by atoms with Crippen LogP contribution in [0.25, 0.3) is 0 Å². The molecule has 0 unspecified atom stereocenters. The topological polar surface area (TPSA) is 91.7 Å². The molecule has 9 heavy (non-hydrogen) atoms. The van der Waals surface area contributed by atoms with Crippen LogP contribution >= 0.6 is 0 Å². The van der Waals surface area contributed by atoms with Gasteiger partial charge in [-0.15, -0.1) is 0 Å². The van der Waals surface area contributed by atoms with E-state index in [2.05, 4.69) is 0 Å². The van der Waals surface area contributed by atoms with E-state index in [1.165, 1.54) is 0 Å². The molecule has 7 heteroatoms. The summed E-state index contributed by atoms with van der Waals surface area (Å²) in [6.07, 6.45) is 0. The molecule has 0 saturated carbocycles. The second-order valence-corrected chi connectivity index (χ2v) is 0.610. The normalized spacial score (nSPS) is 5.22. The van der Waals surface area contributed by atoms with Gasteiger partial charge in [-0.05, 0) is 0 Å². The second-order valence-electron chi connectivity index (χ2n) is 0.610. The summed E-state index contributed by atoms with van der Waals surface area (Å²) in [6, 6.07) is 0. The van der Waals surface area contributed by atoms with Crippen molar-refractivity contribution in [2.45, 2.75) is 0 Å². The van der Waals surface area contributed by atoms with Crippen LogP contribution < -0.4 is 0 Å². The molecule has 0 aromatic heterocycles. The Labute approximate surface area is 105 Å². The molecule has 45 valence electrons. The molecule has 0 aliphatic heterocycles. The van der Waals surface area contributed by atoms with Crippen molar-refractivity contribution >= 4 is 63.3 Å². The Bertz CT molecular complexity index is 91.1. The average molecular weight is 193 g/mol. The molecule has 0 amide bonds. The first-order chi connectivity index (χ1) is 3.64. The molecule has 0 fully saturated rings. The van der Waals surface area contributed by atoms with Crippen LogP contribution in [0.2, 0.25) is 0 Å². The maximum absolute atomic E-state index is 9.10. The van der Waals surface area contributed by atoms with Gasteiger partial charge in [0, 0.05) is 51.4 Å². The Morgan fingerprint density at radius 1 is 1.00 bits per heavy atom. The van der Waals surface area contributed by atoms with Crippen molar-refractivity contribution in [1.29, 1.82) is 0 Å². The van der Waals surface area contributed by atoms with Gasteiger partial charge in [0.15, 0.2) is 0 Å². The third kappa shape index (κ3) is 17.6. The van der Waals surface area contributed by atoms with Crippen LogP contribution in [0.1, 0.15) is 0 Å². The van der Waals surface area contributed by atoms with Gasteiger partial charge < -0.3 is 10.2 Å². The number of hydrogen-bond acceptors (Lipinski definition) is 3. The quantitative estimate of drug-likeness (QED) is 0.366. The molecular formula is C2H2KO5Ti. The molecule has 0 atom stereocenters. The molecule has 0 heterocycles. The fourth-order valence-electron chi connectivity index (χ4n) is 0. The van der Waals surface area contributed by atoms with Gasteiger partial charge in [-0.25, -0.2) is 9.59 Å². The van der Waals surface area contributed by atoms with Gasteiger partial charge >= 0.3 is 35.7 Å². The maximum atomic E-state index is 9.10. The zero-order valence-electron chi connectivity index (χ0n) is 4.62. The summed E-state index contributed by atoms with van der Waals surface area (Å²) in [5.41, 5.74) is 0. The van der Waals surface area contributed by atoms with E-state index in [4.69, 9.17) is 23.1 Å². The minimum absolute atomic E-state index is 0. The van der Waals surface area contributed by atoms with Crippen LogP contribution in [-0.2, 0) is 33.3 Å². The summed E-state index contributed by atoms with van der Waals surface area (Å²) >= 11 is 0.750. The summed E-state index contributed by atoms with van der Waals surface area (Å²) in [5.74, 6) is -3.65. The SMILES string of the molecule is O=C(O)C(=O)O.[K].[O]=[Ti]. The van der Waals surface area contributed by atoms with Gasteiger partial charge in [-0.1, -0.05) is 0 Å². The monoisotopic (exact) mass is 193 g/mol. The van der Waals surface area contributed by atoms with Crippen LogP contribution in [0.5, 0.6) is 0 Å². The van der Waals surface area contributed by atoms with Crippen molar-refractivity contribution in [1.82, 2.24) is 0 Å². The number of rotatable bonds is 0. The molecule has 0 bridgehead atoms. The Morgan fingerprint density at radius 3 is 1.11 bits per heavy atom. The fourth-order valence-corrected chi connectivity index (χ4v) is 0. The first-order valence-electron chi connectivity index (χ1n) is 1.31. The molecule has 0 aromatic carbocycles. The van der Waals surface area contributed by atoms with Crippen LogP contribution in [0.4, 0.5) is 0 Å². The van der Waals surface area contributed by atoms with E-state index in [0.717, 1.165) is 20.4 Å². The average Bonchev–Trinajstić information content (AvgIpc) is 1.72. The second kappa shape index (κ2) is 11.8. The molecule has 0 aromatic rings. The van der Waals surface area contributed by atoms with Gasteiger partial charge in [-0.3, -0.25) is 0 Å². The predicted molar refractivity (Wildman–Crippen MR) is 21.7 cm³/mol. The van der Waals surface area contributed by atoms with Crippen LogP contribution in [-0.4, -0.2) is 73.5 Å². The first-order valence-corrected chi connectivity index (χ1v) is 1.95. The Hall–Kier alpha value is 1.09. The van der Waals surface area contributed by atoms with E-state index in [9.17, 15) is 0 Å². The fraction of sp³-hybridized carbons (Fsp3) is 0. The molecule has 5 nitrogen and oxygen atoms in total. The van der Waals surface area contributed by atoms with E-state index < -0.39 is 11.9 Å². The Balaban J connectivity index is -0.000000109. The van der Waals surface area contributed by atoms with Crippen molar-refractivity contribution < 1.29 is 43.5 Å². The molecular weight excluding hydrogens is 191 g/mol. The third-order valence-corrected chi connectivity index (χ3v) is 0.183. The van der Waals surface area contributed by atoms with E-state index in [0.29, 0.717) is 0 Å². The summed E-state index contributed by atoms with van der Waals surface area (Å²) in [6.45, 7) is 0. The molecule has 0 aliphatic carbocycles. The molecule has 0 rings (SSSR count). The van der Waals surface area contributed by atoms with E-state index in [1.54, 1.807) is 0 Å². The molecule has 2 N–H and O–H groups in total. The number of carbonyl (C=O) groups is 2. The van der Waals surface area contributed by atoms with E-state index >= 15 is 0 Å². The van der Waals surface area contributed by atoms with Crippen molar-refractivity contribution in [2.75, 3.05) is 0 Å². The van der Waals surface area contributed by atoms with Crippen molar-refractivity contribution in [2.24, 2.45) is 0 Å². The van der Waals surface area contributed by atoms with E-state index in [-0.39, 0.29) is 51.4 Å². The van der Waals surface area contributed by atoms with Crippen molar-refractivity contribution in [3.8, 4) is 0 Å². The summed E-state index contributed by atoms with van der Waals surface area (Å²) in [5, 5.41) is 14.8. The Kier molecular flexibility index (Phi) is 21.8. The van der Waals surface area contributed by atoms with E-state index in [1.807, 2.05) is 0 Å². The molecule has 0 aliphatic rings. The standard InChI is InChI=1S/C2H2O4.K.O.Ti/c3-1(4)2(5)6;;;/h(H,3,4)(H,5,6);;;. The number of hydrogen-bond donors (Lipinski definition) is 2. The van der Waals surface area contributed by atoms with Crippen molar-refractivity contribution in [3.63, 3.8) is 0 Å². The number of carboxylic acid groups (broad SMARTS) is 2. The van der Waals surface area contributed by atoms with Crippen LogP contribution in [0.3, 0.4) is 0 Å². The van der Waals surface area contributed by atoms with Gasteiger partial charge in [0.2, 0.25) is 0 Å². The predicted octanol–water partition coefficient (Wildman–Crippen LogP) is -1.35. The zero-order valence-corrected chi connectivity index (χ0v) is 9.30. The molecule has 0 saturated heterocycles. The van der Waals surface area contributed by atoms with Crippen LogP contribution in [0, 0.1) is 0 Å². The summed E-state index contributed by atoms with van der Waals surface area (Å²) in [4.78, 5) is 18.2. The molecule has 0 spiro atoms. The Morgan fingerprint density at radius 2 is 1.11 bits per heavy atom.